The van der Waals surface area contributed by atoms with Gasteiger partial charge in [0.1, 0.15) is 0 Å². The SMILES string of the molecule is CCC(C)(C(=O)C1CCOC1)N1CCCC1. The predicted octanol–water partition coefficient (Wildman–Crippen LogP) is 1.86. The van der Waals surface area contributed by atoms with Gasteiger partial charge in [0.25, 0.3) is 0 Å². The molecule has 0 saturated carbocycles. The number of nitrogens with zero attached hydrogens (tertiary/aromatic N) is 1. The molecule has 16 heavy (non-hydrogen) atoms. The van der Waals surface area contributed by atoms with Crippen molar-refractivity contribution in [1.29, 1.82) is 0 Å². The zero-order chi connectivity index (χ0) is 11.6. The average Bonchev–Trinajstić information content (AvgIpc) is 2.98. The highest BCUT2D eigenvalue weighted by Gasteiger charge is 2.42. The van der Waals surface area contributed by atoms with Crippen LogP contribution in [0.5, 0.6) is 0 Å². The Balaban J connectivity index is 2.09. The van der Waals surface area contributed by atoms with Crippen LogP contribution in [0.3, 0.4) is 0 Å². The van der Waals surface area contributed by atoms with Gasteiger partial charge < -0.3 is 4.74 Å². The molecule has 2 unspecified atom stereocenters. The van der Waals surface area contributed by atoms with Gasteiger partial charge in [0.2, 0.25) is 0 Å². The second-order valence-corrected chi connectivity index (χ2v) is 5.25. The van der Waals surface area contributed by atoms with Crippen LogP contribution in [0.15, 0.2) is 0 Å². The van der Waals surface area contributed by atoms with E-state index < -0.39 is 0 Å². The van der Waals surface area contributed by atoms with Gasteiger partial charge in [0.05, 0.1) is 12.1 Å². The summed E-state index contributed by atoms with van der Waals surface area (Å²) < 4.78 is 5.34. The maximum absolute atomic E-state index is 12.6. The smallest absolute Gasteiger partial charge is 0.158 e. The van der Waals surface area contributed by atoms with Crippen molar-refractivity contribution >= 4 is 5.78 Å². The zero-order valence-electron chi connectivity index (χ0n) is 10.5. The molecule has 0 amide bonds. The number of hydrogen-bond donors (Lipinski definition) is 0. The third kappa shape index (κ3) is 2.03. The average molecular weight is 225 g/mol. The Labute approximate surface area is 98.1 Å². The van der Waals surface area contributed by atoms with E-state index in [0.717, 1.165) is 32.5 Å². The van der Waals surface area contributed by atoms with E-state index in [1.165, 1.54) is 12.8 Å². The third-order valence-electron chi connectivity index (χ3n) is 4.32. The van der Waals surface area contributed by atoms with Crippen LogP contribution in [0.4, 0.5) is 0 Å². The van der Waals surface area contributed by atoms with Crippen LogP contribution in [0.25, 0.3) is 0 Å². The molecule has 2 rings (SSSR count). The van der Waals surface area contributed by atoms with Gasteiger partial charge in [-0.2, -0.15) is 0 Å². The summed E-state index contributed by atoms with van der Waals surface area (Å²) in [7, 11) is 0. The maximum Gasteiger partial charge on any atom is 0.158 e. The van der Waals surface area contributed by atoms with Crippen LogP contribution in [0.2, 0.25) is 0 Å². The molecule has 0 bridgehead atoms. The van der Waals surface area contributed by atoms with E-state index in [1.807, 2.05) is 0 Å². The molecule has 2 aliphatic heterocycles. The first-order valence-electron chi connectivity index (χ1n) is 6.55. The van der Waals surface area contributed by atoms with E-state index in [-0.39, 0.29) is 11.5 Å². The highest BCUT2D eigenvalue weighted by Crippen LogP contribution is 2.30. The Bertz CT molecular complexity index is 255. The van der Waals surface area contributed by atoms with Crippen LogP contribution < -0.4 is 0 Å². The summed E-state index contributed by atoms with van der Waals surface area (Å²) in [5.41, 5.74) is -0.241. The lowest BCUT2D eigenvalue weighted by Gasteiger charge is -2.38. The van der Waals surface area contributed by atoms with Crippen molar-refractivity contribution < 1.29 is 9.53 Å². The number of carbonyl (C=O) groups is 1. The molecule has 0 radical (unpaired) electrons. The van der Waals surface area contributed by atoms with E-state index in [4.69, 9.17) is 4.74 Å². The van der Waals surface area contributed by atoms with Crippen LogP contribution in [0, 0.1) is 5.92 Å². The van der Waals surface area contributed by atoms with Gasteiger partial charge in [-0.15, -0.1) is 0 Å². The van der Waals surface area contributed by atoms with Crippen molar-refractivity contribution in [3.63, 3.8) is 0 Å². The Kier molecular flexibility index (Phi) is 3.65. The van der Waals surface area contributed by atoms with Crippen LogP contribution in [-0.2, 0) is 9.53 Å². The number of ether oxygens (including phenoxy) is 1. The monoisotopic (exact) mass is 225 g/mol. The van der Waals surface area contributed by atoms with Crippen LogP contribution in [0.1, 0.15) is 39.5 Å². The molecule has 2 heterocycles. The van der Waals surface area contributed by atoms with Crippen LogP contribution in [-0.4, -0.2) is 42.5 Å². The fourth-order valence-electron chi connectivity index (χ4n) is 2.95. The molecule has 2 saturated heterocycles. The van der Waals surface area contributed by atoms with Gasteiger partial charge in [0, 0.05) is 12.5 Å². The molecule has 92 valence electrons. The van der Waals surface area contributed by atoms with E-state index in [9.17, 15) is 4.79 Å². The Hall–Kier alpha value is -0.410. The Morgan fingerprint density at radius 1 is 1.44 bits per heavy atom. The molecule has 3 heteroatoms. The van der Waals surface area contributed by atoms with Gasteiger partial charge >= 0.3 is 0 Å². The molecular formula is C13H23NO2. The summed E-state index contributed by atoms with van der Waals surface area (Å²) >= 11 is 0. The number of Topliss-reactive ketones (excluding diaryl/α,β-unsaturated/α-hetero) is 1. The van der Waals surface area contributed by atoms with Gasteiger partial charge in [-0.25, -0.2) is 0 Å². The second kappa shape index (κ2) is 4.84. The van der Waals surface area contributed by atoms with Crippen molar-refractivity contribution in [1.82, 2.24) is 4.90 Å². The van der Waals surface area contributed by atoms with Gasteiger partial charge in [0.15, 0.2) is 5.78 Å². The molecule has 3 nitrogen and oxygen atoms in total. The standard InChI is InChI=1S/C13H23NO2/c1-3-13(2,14-7-4-5-8-14)12(15)11-6-9-16-10-11/h11H,3-10H2,1-2H3. The van der Waals surface area contributed by atoms with Crippen molar-refractivity contribution in [3.8, 4) is 0 Å². The van der Waals surface area contributed by atoms with E-state index in [0.29, 0.717) is 12.4 Å². The summed E-state index contributed by atoms with van der Waals surface area (Å²) in [4.78, 5) is 14.9. The molecule has 0 aromatic carbocycles. The molecule has 2 aliphatic rings. The van der Waals surface area contributed by atoms with Gasteiger partial charge in [-0.1, -0.05) is 6.92 Å². The predicted molar refractivity (Wildman–Crippen MR) is 63.4 cm³/mol. The summed E-state index contributed by atoms with van der Waals surface area (Å²) in [6, 6.07) is 0. The van der Waals surface area contributed by atoms with E-state index in [1.54, 1.807) is 0 Å². The van der Waals surface area contributed by atoms with Gasteiger partial charge in [-0.05, 0) is 45.7 Å². The number of likely N-dealkylation sites (tertiary alicyclic amines) is 1. The van der Waals surface area contributed by atoms with E-state index >= 15 is 0 Å². The van der Waals surface area contributed by atoms with Crippen molar-refractivity contribution in [2.24, 2.45) is 5.92 Å². The first-order chi connectivity index (χ1) is 7.68. The second-order valence-electron chi connectivity index (χ2n) is 5.25. The highest BCUT2D eigenvalue weighted by atomic mass is 16.5. The summed E-state index contributed by atoms with van der Waals surface area (Å²) in [5, 5.41) is 0. The summed E-state index contributed by atoms with van der Waals surface area (Å²) in [6.07, 6.45) is 4.32. The minimum absolute atomic E-state index is 0.144. The van der Waals surface area contributed by atoms with E-state index in [2.05, 4.69) is 18.7 Å². The Morgan fingerprint density at radius 3 is 2.62 bits per heavy atom. The number of rotatable bonds is 4. The first kappa shape index (κ1) is 12.1. The molecule has 2 atom stereocenters. The minimum atomic E-state index is -0.241. The number of ketones is 1. The molecule has 0 aliphatic carbocycles. The lowest BCUT2D eigenvalue weighted by molar-refractivity contribution is -0.134. The molecular weight excluding hydrogens is 202 g/mol. The zero-order valence-corrected chi connectivity index (χ0v) is 10.5. The number of carbonyl (C=O) groups excluding carboxylic acids is 1. The fourth-order valence-corrected chi connectivity index (χ4v) is 2.95. The minimum Gasteiger partial charge on any atom is -0.381 e. The highest BCUT2D eigenvalue weighted by molar-refractivity contribution is 5.90. The molecule has 0 N–H and O–H groups in total. The lowest BCUT2D eigenvalue weighted by Crippen LogP contribution is -2.53. The maximum atomic E-state index is 12.6. The van der Waals surface area contributed by atoms with Crippen LogP contribution >= 0.6 is 0 Å². The Morgan fingerprint density at radius 2 is 2.12 bits per heavy atom. The number of hydrogen-bond acceptors (Lipinski definition) is 3. The third-order valence-corrected chi connectivity index (χ3v) is 4.32. The molecule has 0 aromatic rings. The molecule has 2 fully saturated rings. The fraction of sp³-hybridized carbons (Fsp3) is 0.923. The largest absolute Gasteiger partial charge is 0.381 e. The molecule has 0 spiro atoms. The van der Waals surface area contributed by atoms with Gasteiger partial charge in [-0.3, -0.25) is 9.69 Å². The van der Waals surface area contributed by atoms with Crippen molar-refractivity contribution in [3.05, 3.63) is 0 Å². The summed E-state index contributed by atoms with van der Waals surface area (Å²) in [5.74, 6) is 0.556. The summed E-state index contributed by atoms with van der Waals surface area (Å²) in [6.45, 7) is 7.83. The van der Waals surface area contributed by atoms with Crippen molar-refractivity contribution in [2.75, 3.05) is 26.3 Å². The first-order valence-corrected chi connectivity index (χ1v) is 6.55. The van der Waals surface area contributed by atoms with Crippen molar-refractivity contribution in [2.45, 2.75) is 45.1 Å². The quantitative estimate of drug-likeness (QED) is 0.731. The lowest BCUT2D eigenvalue weighted by atomic mass is 9.83. The normalized spacial score (nSPS) is 30.5. The molecule has 0 aromatic heterocycles. The topological polar surface area (TPSA) is 29.5 Å².